The van der Waals surface area contributed by atoms with Crippen LogP contribution in [0.5, 0.6) is 5.75 Å². The first kappa shape index (κ1) is 24.2. The van der Waals surface area contributed by atoms with Crippen molar-refractivity contribution in [2.45, 2.75) is 12.0 Å². The predicted octanol–water partition coefficient (Wildman–Crippen LogP) is 2.66. The largest absolute Gasteiger partial charge is 0.486 e. The zero-order chi connectivity index (χ0) is 23.6. The Hall–Kier alpha value is -3.47. The minimum atomic E-state index is -0.737. The van der Waals surface area contributed by atoms with E-state index >= 15 is 0 Å². The molecule has 0 spiro atoms. The van der Waals surface area contributed by atoms with Crippen LogP contribution in [-0.2, 0) is 9.53 Å². The minimum absolute atomic E-state index is 0.00433. The van der Waals surface area contributed by atoms with Crippen LogP contribution in [0, 0.1) is 0 Å². The van der Waals surface area contributed by atoms with Gasteiger partial charge >= 0.3 is 6.09 Å². The molecule has 2 aromatic heterocycles. The summed E-state index contributed by atoms with van der Waals surface area (Å²) in [5, 5.41) is 25.5. The van der Waals surface area contributed by atoms with Crippen molar-refractivity contribution >= 4 is 38.4 Å². The molecular weight excluding hydrogens is 446 g/mol. The molecule has 0 saturated heterocycles. The van der Waals surface area contributed by atoms with Gasteiger partial charge in [-0.3, -0.25) is 9.78 Å². The molecule has 3 rings (SSSR count). The van der Waals surface area contributed by atoms with Gasteiger partial charge in [0, 0.05) is 18.9 Å². The van der Waals surface area contributed by atoms with Crippen LogP contribution in [0.4, 0.5) is 9.80 Å². The number of benzene rings is 1. The Labute approximate surface area is 194 Å². The number of alkyl carbamates (subject to hydrolysis) is 1. The Balaban J connectivity index is 1.76. The Bertz CT molecular complexity index is 1050. The topological polar surface area (TPSA) is 130 Å². The van der Waals surface area contributed by atoms with E-state index < -0.39 is 18.1 Å². The highest BCUT2D eigenvalue weighted by Crippen LogP contribution is 2.30. The van der Waals surface area contributed by atoms with Gasteiger partial charge < -0.3 is 30.3 Å². The zero-order valence-electron chi connectivity index (χ0n) is 17.8. The first-order chi connectivity index (χ1) is 16.0. The minimum Gasteiger partial charge on any atom is -0.486 e. The number of pyridine rings is 1. The molecule has 0 bridgehead atoms. The second kappa shape index (κ2) is 12.0. The van der Waals surface area contributed by atoms with Gasteiger partial charge in [-0.15, -0.1) is 11.3 Å². The highest BCUT2D eigenvalue weighted by molar-refractivity contribution is 7.22. The second-order valence-corrected chi connectivity index (χ2v) is 8.09. The number of carbonyl (C=O) groups is 2. The van der Waals surface area contributed by atoms with Crippen molar-refractivity contribution in [2.75, 3.05) is 31.7 Å². The molecule has 0 saturated carbocycles. The van der Waals surface area contributed by atoms with Crippen LogP contribution in [0.25, 0.3) is 10.1 Å². The smallest absolute Gasteiger partial charge is 0.407 e. The van der Waals surface area contributed by atoms with Gasteiger partial charge in [-0.2, -0.15) is 0 Å². The maximum Gasteiger partial charge on any atom is 0.407 e. The molecule has 2 amide bonds. The van der Waals surface area contributed by atoms with Gasteiger partial charge in [0.15, 0.2) is 0 Å². The van der Waals surface area contributed by atoms with E-state index in [4.69, 9.17) is 9.47 Å². The molecule has 9 nitrogen and oxygen atoms in total. The SMILES string of the molecule is C=CCOC(=O)NCC(C(=O)Nc1cc2ccncc2s1)c1ccc(OC(CO)CO)cc1. The second-order valence-electron chi connectivity index (χ2n) is 7.01. The van der Waals surface area contributed by atoms with E-state index in [1.807, 2.05) is 12.1 Å². The summed E-state index contributed by atoms with van der Waals surface area (Å²) in [7, 11) is 0. The number of rotatable bonds is 11. The quantitative estimate of drug-likeness (QED) is 0.316. The summed E-state index contributed by atoms with van der Waals surface area (Å²) < 4.78 is 11.4. The molecule has 1 unspecified atom stereocenters. The third-order valence-electron chi connectivity index (χ3n) is 4.66. The molecule has 10 heteroatoms. The average molecular weight is 472 g/mol. The fraction of sp³-hybridized carbons (Fsp3) is 0.261. The number of aliphatic hydroxyl groups is 2. The molecule has 1 aromatic carbocycles. The molecule has 174 valence electrons. The molecule has 3 aromatic rings. The lowest BCUT2D eigenvalue weighted by Crippen LogP contribution is -2.34. The molecule has 33 heavy (non-hydrogen) atoms. The summed E-state index contributed by atoms with van der Waals surface area (Å²) in [5.41, 5.74) is 0.635. The number of amides is 2. The maximum atomic E-state index is 13.1. The summed E-state index contributed by atoms with van der Waals surface area (Å²) in [6.07, 6.45) is 3.47. The van der Waals surface area contributed by atoms with Crippen molar-refractivity contribution in [1.29, 1.82) is 0 Å². The number of anilines is 1. The molecule has 1 atom stereocenters. The zero-order valence-corrected chi connectivity index (χ0v) is 18.6. The molecule has 0 aliphatic carbocycles. The van der Waals surface area contributed by atoms with Crippen LogP contribution >= 0.6 is 11.3 Å². The summed E-state index contributed by atoms with van der Waals surface area (Å²) in [4.78, 5) is 29.1. The lowest BCUT2D eigenvalue weighted by Gasteiger charge is -2.19. The van der Waals surface area contributed by atoms with E-state index in [9.17, 15) is 19.8 Å². The Morgan fingerprint density at radius 2 is 1.94 bits per heavy atom. The first-order valence-electron chi connectivity index (χ1n) is 10.2. The lowest BCUT2D eigenvalue weighted by molar-refractivity contribution is -0.117. The lowest BCUT2D eigenvalue weighted by atomic mass is 9.98. The summed E-state index contributed by atoms with van der Waals surface area (Å²) in [5.74, 6) is -0.595. The molecular formula is C23H25N3O6S. The Morgan fingerprint density at radius 1 is 1.18 bits per heavy atom. The summed E-state index contributed by atoms with van der Waals surface area (Å²) >= 11 is 1.40. The molecule has 0 aliphatic heterocycles. The monoisotopic (exact) mass is 471 g/mol. The van der Waals surface area contributed by atoms with E-state index in [1.165, 1.54) is 17.4 Å². The van der Waals surface area contributed by atoms with Gasteiger partial charge in [-0.25, -0.2) is 4.79 Å². The van der Waals surface area contributed by atoms with Crippen LogP contribution in [-0.4, -0.2) is 59.7 Å². The van der Waals surface area contributed by atoms with Gasteiger partial charge in [0.05, 0.1) is 28.8 Å². The van der Waals surface area contributed by atoms with Crippen LogP contribution < -0.4 is 15.4 Å². The van der Waals surface area contributed by atoms with Crippen LogP contribution in [0.1, 0.15) is 11.5 Å². The third-order valence-corrected chi connectivity index (χ3v) is 5.66. The van der Waals surface area contributed by atoms with Crippen molar-refractivity contribution in [3.8, 4) is 5.75 Å². The highest BCUT2D eigenvalue weighted by atomic mass is 32.1. The normalized spacial score (nSPS) is 11.7. The number of nitrogens with zero attached hydrogens (tertiary/aromatic N) is 1. The van der Waals surface area contributed by atoms with Gasteiger partial charge in [0.1, 0.15) is 18.5 Å². The fourth-order valence-electron chi connectivity index (χ4n) is 2.99. The van der Waals surface area contributed by atoms with Crippen LogP contribution in [0.15, 0.2) is 61.4 Å². The van der Waals surface area contributed by atoms with Gasteiger partial charge in [-0.1, -0.05) is 24.8 Å². The molecule has 0 fully saturated rings. The number of thiophene rings is 1. The van der Waals surface area contributed by atoms with Crippen LogP contribution in [0.2, 0.25) is 0 Å². The standard InChI is InChI=1S/C23H25N3O6S/c1-2-9-31-23(30)25-11-19(15-3-5-17(6-4-15)32-18(13-27)14-28)22(29)26-21-10-16-7-8-24-12-20(16)33-21/h2-8,10,12,18-19,27-28H,1,9,11,13-14H2,(H,25,30)(H,26,29). The number of aliphatic hydroxyl groups excluding tert-OH is 2. The van der Waals surface area contributed by atoms with Crippen molar-refractivity contribution in [2.24, 2.45) is 0 Å². The fourth-order valence-corrected chi connectivity index (χ4v) is 3.92. The number of hydrogen-bond donors (Lipinski definition) is 4. The van der Waals surface area contributed by atoms with Gasteiger partial charge in [0.2, 0.25) is 5.91 Å². The first-order valence-corrected chi connectivity index (χ1v) is 11.0. The van der Waals surface area contributed by atoms with E-state index in [2.05, 4.69) is 22.2 Å². The van der Waals surface area contributed by atoms with E-state index in [1.54, 1.807) is 36.7 Å². The number of ether oxygens (including phenoxy) is 2. The van der Waals surface area contributed by atoms with Crippen molar-refractivity contribution in [3.05, 3.63) is 67.0 Å². The number of fused-ring (bicyclic) bond motifs is 1. The van der Waals surface area contributed by atoms with E-state index in [0.29, 0.717) is 16.3 Å². The highest BCUT2D eigenvalue weighted by Gasteiger charge is 2.23. The Kier molecular flexibility index (Phi) is 8.76. The Morgan fingerprint density at radius 3 is 2.61 bits per heavy atom. The average Bonchev–Trinajstić information content (AvgIpc) is 3.24. The van der Waals surface area contributed by atoms with Crippen molar-refractivity contribution in [1.82, 2.24) is 10.3 Å². The molecule has 4 N–H and O–H groups in total. The van der Waals surface area contributed by atoms with Gasteiger partial charge in [0.25, 0.3) is 0 Å². The predicted molar refractivity (Wildman–Crippen MR) is 126 cm³/mol. The summed E-state index contributed by atoms with van der Waals surface area (Å²) in [6.45, 7) is 2.90. The third kappa shape index (κ3) is 6.75. The number of nitrogens with one attached hydrogen (secondary N) is 2. The number of carbonyl (C=O) groups excluding carboxylic acids is 2. The van der Waals surface area contributed by atoms with E-state index in [-0.39, 0.29) is 32.3 Å². The number of hydrogen-bond acceptors (Lipinski definition) is 8. The van der Waals surface area contributed by atoms with E-state index in [0.717, 1.165) is 10.1 Å². The van der Waals surface area contributed by atoms with Crippen LogP contribution in [0.3, 0.4) is 0 Å². The van der Waals surface area contributed by atoms with Crippen molar-refractivity contribution < 1.29 is 29.3 Å². The number of aromatic nitrogens is 1. The summed E-state index contributed by atoms with van der Waals surface area (Å²) in [6, 6.07) is 10.4. The molecule has 0 radical (unpaired) electrons. The maximum absolute atomic E-state index is 13.1. The van der Waals surface area contributed by atoms with Crippen molar-refractivity contribution in [3.63, 3.8) is 0 Å². The molecule has 0 aliphatic rings. The van der Waals surface area contributed by atoms with Gasteiger partial charge in [-0.05, 0) is 35.2 Å². The molecule has 2 heterocycles.